The van der Waals surface area contributed by atoms with Crippen LogP contribution >= 0.6 is 23.2 Å². The molecule has 0 aliphatic carbocycles. The SMILES string of the molecule is N#CC(C#N)=CNc1ccc(NC(=O)c2ccc(Cl)cc2Cl)cc1. The Morgan fingerprint density at radius 1 is 1.00 bits per heavy atom. The van der Waals surface area contributed by atoms with E-state index in [0.717, 1.165) is 0 Å². The first-order valence-electron chi connectivity index (χ1n) is 6.67. The Morgan fingerprint density at radius 2 is 1.62 bits per heavy atom. The number of benzene rings is 2. The van der Waals surface area contributed by atoms with Gasteiger partial charge in [0.1, 0.15) is 17.7 Å². The molecule has 24 heavy (non-hydrogen) atoms. The molecule has 2 N–H and O–H groups in total. The number of hydrogen-bond acceptors (Lipinski definition) is 4. The molecular weight excluding hydrogens is 347 g/mol. The summed E-state index contributed by atoms with van der Waals surface area (Å²) in [5.41, 5.74) is 1.52. The largest absolute Gasteiger partial charge is 0.360 e. The first-order chi connectivity index (χ1) is 11.5. The quantitative estimate of drug-likeness (QED) is 0.784. The second-order valence-electron chi connectivity index (χ2n) is 4.58. The normalized spacial score (nSPS) is 9.33. The van der Waals surface area contributed by atoms with Gasteiger partial charge in [0.25, 0.3) is 5.91 Å². The van der Waals surface area contributed by atoms with Crippen molar-refractivity contribution in [3.63, 3.8) is 0 Å². The van der Waals surface area contributed by atoms with Crippen molar-refractivity contribution < 1.29 is 4.79 Å². The van der Waals surface area contributed by atoms with Gasteiger partial charge in [0.15, 0.2) is 0 Å². The number of rotatable bonds is 4. The zero-order chi connectivity index (χ0) is 17.5. The molecule has 0 aliphatic heterocycles. The highest BCUT2D eigenvalue weighted by Crippen LogP contribution is 2.22. The summed E-state index contributed by atoms with van der Waals surface area (Å²) in [6, 6.07) is 14.9. The van der Waals surface area contributed by atoms with Gasteiger partial charge in [-0.05, 0) is 42.5 Å². The fraction of sp³-hybridized carbons (Fsp3) is 0. The lowest BCUT2D eigenvalue weighted by atomic mass is 10.2. The molecule has 2 rings (SSSR count). The van der Waals surface area contributed by atoms with Crippen LogP contribution in [0.15, 0.2) is 54.2 Å². The lowest BCUT2D eigenvalue weighted by Crippen LogP contribution is -2.12. The summed E-state index contributed by atoms with van der Waals surface area (Å²) >= 11 is 11.8. The predicted octanol–water partition coefficient (Wildman–Crippen LogP) is 4.59. The fourth-order valence-corrected chi connectivity index (χ4v) is 2.26. The van der Waals surface area contributed by atoms with Crippen LogP contribution in [0.3, 0.4) is 0 Å². The topological polar surface area (TPSA) is 88.7 Å². The molecular formula is C17H10Cl2N4O. The van der Waals surface area contributed by atoms with Gasteiger partial charge >= 0.3 is 0 Å². The van der Waals surface area contributed by atoms with Gasteiger partial charge in [-0.3, -0.25) is 4.79 Å². The van der Waals surface area contributed by atoms with Crippen LogP contribution in [0.2, 0.25) is 10.0 Å². The number of anilines is 2. The summed E-state index contributed by atoms with van der Waals surface area (Å²) in [6.07, 6.45) is 1.31. The van der Waals surface area contributed by atoms with E-state index in [1.165, 1.54) is 12.3 Å². The standard InChI is InChI=1S/C17H10Cl2N4O/c18-12-1-6-15(16(19)7-12)17(24)23-14-4-2-13(3-5-14)22-10-11(8-20)9-21/h1-7,10,22H,(H,23,24). The molecule has 0 saturated heterocycles. The second kappa shape index (κ2) is 8.03. The minimum atomic E-state index is -0.353. The molecule has 0 radical (unpaired) electrons. The molecule has 0 fully saturated rings. The van der Waals surface area contributed by atoms with E-state index in [4.69, 9.17) is 33.7 Å². The third-order valence-corrected chi connectivity index (χ3v) is 3.49. The molecule has 118 valence electrons. The van der Waals surface area contributed by atoms with E-state index in [1.807, 2.05) is 0 Å². The van der Waals surface area contributed by atoms with E-state index in [9.17, 15) is 4.79 Å². The third-order valence-electron chi connectivity index (χ3n) is 2.94. The van der Waals surface area contributed by atoms with Crippen molar-refractivity contribution >= 4 is 40.5 Å². The molecule has 7 heteroatoms. The Hall–Kier alpha value is -2.99. The van der Waals surface area contributed by atoms with Crippen LogP contribution < -0.4 is 10.6 Å². The van der Waals surface area contributed by atoms with E-state index in [2.05, 4.69) is 10.6 Å². The average Bonchev–Trinajstić information content (AvgIpc) is 2.57. The van der Waals surface area contributed by atoms with Crippen LogP contribution in [-0.4, -0.2) is 5.91 Å². The molecule has 2 aromatic rings. The van der Waals surface area contributed by atoms with E-state index in [0.29, 0.717) is 22.0 Å². The van der Waals surface area contributed by atoms with Crippen molar-refractivity contribution in [1.82, 2.24) is 0 Å². The van der Waals surface area contributed by atoms with E-state index >= 15 is 0 Å². The Kier molecular flexibility index (Phi) is 5.81. The van der Waals surface area contributed by atoms with Crippen LogP contribution in [0.25, 0.3) is 0 Å². The molecule has 0 aliphatic rings. The van der Waals surface area contributed by atoms with Gasteiger partial charge < -0.3 is 10.6 Å². The van der Waals surface area contributed by atoms with Crippen molar-refractivity contribution in [2.75, 3.05) is 10.6 Å². The summed E-state index contributed by atoms with van der Waals surface area (Å²) in [6.45, 7) is 0. The summed E-state index contributed by atoms with van der Waals surface area (Å²) in [5.74, 6) is -0.353. The number of halogens is 2. The lowest BCUT2D eigenvalue weighted by molar-refractivity contribution is 0.102. The van der Waals surface area contributed by atoms with E-state index in [-0.39, 0.29) is 16.5 Å². The Bertz CT molecular complexity index is 861. The number of nitrogens with zero attached hydrogens (tertiary/aromatic N) is 2. The third kappa shape index (κ3) is 4.50. The predicted molar refractivity (Wildman–Crippen MR) is 93.8 cm³/mol. The van der Waals surface area contributed by atoms with E-state index in [1.54, 1.807) is 48.5 Å². The summed E-state index contributed by atoms with van der Waals surface area (Å²) in [5, 5.41) is 23.6. The molecule has 1 amide bonds. The Balaban J connectivity index is 2.06. The maximum atomic E-state index is 12.2. The highest BCUT2D eigenvalue weighted by Gasteiger charge is 2.10. The van der Waals surface area contributed by atoms with Crippen molar-refractivity contribution in [1.29, 1.82) is 10.5 Å². The van der Waals surface area contributed by atoms with Crippen molar-refractivity contribution in [3.8, 4) is 12.1 Å². The van der Waals surface area contributed by atoms with Gasteiger partial charge in [0.2, 0.25) is 0 Å². The average molecular weight is 357 g/mol. The van der Waals surface area contributed by atoms with Gasteiger partial charge in [-0.15, -0.1) is 0 Å². The minimum Gasteiger partial charge on any atom is -0.360 e. The Morgan fingerprint density at radius 3 is 2.21 bits per heavy atom. The first kappa shape index (κ1) is 17.4. The Labute approximate surface area is 148 Å². The monoisotopic (exact) mass is 356 g/mol. The van der Waals surface area contributed by atoms with Gasteiger partial charge in [0, 0.05) is 22.6 Å². The molecule has 0 unspecified atom stereocenters. The summed E-state index contributed by atoms with van der Waals surface area (Å²) in [7, 11) is 0. The number of amides is 1. The molecule has 0 saturated carbocycles. The number of allylic oxidation sites excluding steroid dienone is 1. The first-order valence-corrected chi connectivity index (χ1v) is 7.42. The van der Waals surface area contributed by atoms with Crippen LogP contribution in [0.4, 0.5) is 11.4 Å². The molecule has 0 atom stereocenters. The second-order valence-corrected chi connectivity index (χ2v) is 5.43. The van der Waals surface area contributed by atoms with Crippen molar-refractivity contribution in [2.45, 2.75) is 0 Å². The summed E-state index contributed by atoms with van der Waals surface area (Å²) in [4.78, 5) is 12.2. The number of nitriles is 2. The molecule has 0 aromatic heterocycles. The van der Waals surface area contributed by atoms with Crippen LogP contribution in [-0.2, 0) is 0 Å². The molecule has 0 bridgehead atoms. The lowest BCUT2D eigenvalue weighted by Gasteiger charge is -2.08. The number of hydrogen-bond donors (Lipinski definition) is 2. The van der Waals surface area contributed by atoms with Crippen LogP contribution in [0.5, 0.6) is 0 Å². The molecule has 0 spiro atoms. The highest BCUT2D eigenvalue weighted by atomic mass is 35.5. The van der Waals surface area contributed by atoms with Gasteiger partial charge in [-0.1, -0.05) is 23.2 Å². The maximum absolute atomic E-state index is 12.2. The van der Waals surface area contributed by atoms with E-state index < -0.39 is 0 Å². The van der Waals surface area contributed by atoms with Gasteiger partial charge in [-0.25, -0.2) is 0 Å². The maximum Gasteiger partial charge on any atom is 0.257 e. The highest BCUT2D eigenvalue weighted by molar-refractivity contribution is 6.37. The van der Waals surface area contributed by atoms with Crippen molar-refractivity contribution in [2.24, 2.45) is 0 Å². The smallest absolute Gasteiger partial charge is 0.257 e. The molecule has 0 heterocycles. The molecule has 2 aromatic carbocycles. The summed E-state index contributed by atoms with van der Waals surface area (Å²) < 4.78 is 0. The molecule has 5 nitrogen and oxygen atoms in total. The van der Waals surface area contributed by atoms with Gasteiger partial charge in [-0.2, -0.15) is 10.5 Å². The van der Waals surface area contributed by atoms with Gasteiger partial charge in [0.05, 0.1) is 10.6 Å². The van der Waals surface area contributed by atoms with Crippen molar-refractivity contribution in [3.05, 3.63) is 69.8 Å². The van der Waals surface area contributed by atoms with Crippen LogP contribution in [0.1, 0.15) is 10.4 Å². The fourth-order valence-electron chi connectivity index (χ4n) is 1.77. The number of carbonyl (C=O) groups excluding carboxylic acids is 1. The number of carbonyl (C=O) groups is 1. The minimum absolute atomic E-state index is 0.0373. The number of nitrogens with one attached hydrogen (secondary N) is 2. The zero-order valence-electron chi connectivity index (χ0n) is 12.2. The zero-order valence-corrected chi connectivity index (χ0v) is 13.7. The van der Waals surface area contributed by atoms with Crippen LogP contribution in [0, 0.1) is 22.7 Å².